The lowest BCUT2D eigenvalue weighted by Crippen LogP contribution is -2.51. The number of aryl methyl sites for hydroxylation is 1. The molecule has 0 saturated carbocycles. The van der Waals surface area contributed by atoms with Crippen LogP contribution in [0.15, 0.2) is 55.1 Å². The molecule has 1 aliphatic heterocycles. The Bertz CT molecular complexity index is 950. The van der Waals surface area contributed by atoms with E-state index in [1.54, 1.807) is 0 Å². The molecule has 3 atom stereocenters. The number of hydrogen-bond donors (Lipinski definition) is 2. The Balaban J connectivity index is 1.29. The summed E-state index contributed by atoms with van der Waals surface area (Å²) in [5.41, 5.74) is 2.11. The third-order valence-corrected chi connectivity index (χ3v) is 5.20. The molecule has 1 amide bonds. The monoisotopic (exact) mass is 408 g/mol. The van der Waals surface area contributed by atoms with E-state index in [4.69, 9.17) is 4.74 Å². The topological polar surface area (TPSA) is 115 Å². The van der Waals surface area contributed by atoms with Gasteiger partial charge >= 0.3 is 0 Å². The maximum atomic E-state index is 12.3. The number of rotatable bonds is 7. The summed E-state index contributed by atoms with van der Waals surface area (Å²) >= 11 is 0. The molecule has 0 unspecified atom stereocenters. The Labute approximate surface area is 174 Å². The van der Waals surface area contributed by atoms with Crippen molar-refractivity contribution in [2.45, 2.75) is 44.1 Å². The number of nitrogens with one attached hydrogen (secondary N) is 1. The highest BCUT2D eigenvalue weighted by Gasteiger charge is 2.32. The fourth-order valence-electron chi connectivity index (χ4n) is 3.59. The van der Waals surface area contributed by atoms with Crippen molar-refractivity contribution in [3.63, 3.8) is 0 Å². The first-order valence-electron chi connectivity index (χ1n) is 10.0. The minimum absolute atomic E-state index is 0.0174. The fraction of sp³-hybridized carbons (Fsp3) is 0.381. The Hall–Kier alpha value is -3.17. The molecule has 1 aromatic carbocycles. The molecule has 0 spiro atoms. The minimum atomic E-state index is -0.458. The van der Waals surface area contributed by atoms with Crippen molar-refractivity contribution in [2.24, 2.45) is 0 Å². The van der Waals surface area contributed by atoms with Gasteiger partial charge in [-0.2, -0.15) is 0 Å². The minimum Gasteiger partial charge on any atom is -0.394 e. The first-order chi connectivity index (χ1) is 14.7. The zero-order valence-electron chi connectivity index (χ0n) is 16.5. The standard InChI is InChI=1S/C21H24N6O3/c28-14-20-17(24-21(29)18-12-22-9-10-23-18)7-6-16(30-20)8-11-27-13-19(25-26-27)15-4-2-1-3-5-15/h1-5,9-10,12-13,16-17,20,28H,6-8,11,14H2,(H,24,29)/t16-,17-,20+/m1/s1. The van der Waals surface area contributed by atoms with Crippen LogP contribution in [0.1, 0.15) is 29.8 Å². The molecule has 9 nitrogen and oxygen atoms in total. The van der Waals surface area contributed by atoms with Crippen LogP contribution < -0.4 is 5.32 Å². The lowest BCUT2D eigenvalue weighted by atomic mass is 9.97. The molecule has 3 heterocycles. The number of carbonyl (C=O) groups excluding carboxylic acids is 1. The van der Waals surface area contributed by atoms with E-state index in [9.17, 15) is 9.90 Å². The number of carbonyl (C=O) groups is 1. The number of ether oxygens (including phenoxy) is 1. The van der Waals surface area contributed by atoms with Crippen LogP contribution >= 0.6 is 0 Å². The van der Waals surface area contributed by atoms with Gasteiger partial charge in [0.1, 0.15) is 17.5 Å². The Morgan fingerprint density at radius 1 is 1.23 bits per heavy atom. The first-order valence-corrected chi connectivity index (χ1v) is 10.0. The number of aliphatic hydroxyl groups is 1. The number of benzene rings is 1. The van der Waals surface area contributed by atoms with Crippen LogP contribution in [0.5, 0.6) is 0 Å². The van der Waals surface area contributed by atoms with Crippen LogP contribution in [0, 0.1) is 0 Å². The van der Waals surface area contributed by atoms with E-state index in [1.165, 1.54) is 18.6 Å². The van der Waals surface area contributed by atoms with Crippen molar-refractivity contribution in [1.82, 2.24) is 30.3 Å². The van der Waals surface area contributed by atoms with Crippen LogP contribution in [-0.4, -0.2) is 60.8 Å². The van der Waals surface area contributed by atoms with E-state index in [-0.39, 0.29) is 30.4 Å². The number of hydrogen-bond acceptors (Lipinski definition) is 7. The molecule has 9 heteroatoms. The highest BCUT2D eigenvalue weighted by Crippen LogP contribution is 2.23. The smallest absolute Gasteiger partial charge is 0.271 e. The molecule has 0 radical (unpaired) electrons. The third-order valence-electron chi connectivity index (χ3n) is 5.20. The Kier molecular flexibility index (Phi) is 6.41. The molecule has 0 aliphatic carbocycles. The normalized spacial score (nSPS) is 21.3. The van der Waals surface area contributed by atoms with E-state index in [0.29, 0.717) is 13.0 Å². The molecular weight excluding hydrogens is 384 g/mol. The van der Waals surface area contributed by atoms with Crippen LogP contribution in [0.4, 0.5) is 0 Å². The van der Waals surface area contributed by atoms with Gasteiger partial charge in [0.25, 0.3) is 5.91 Å². The summed E-state index contributed by atoms with van der Waals surface area (Å²) < 4.78 is 7.84. The molecule has 4 rings (SSSR count). The van der Waals surface area contributed by atoms with Gasteiger partial charge in [-0.1, -0.05) is 35.5 Å². The van der Waals surface area contributed by atoms with Gasteiger partial charge in [0.2, 0.25) is 0 Å². The van der Waals surface area contributed by atoms with E-state index in [1.807, 2.05) is 41.2 Å². The van der Waals surface area contributed by atoms with Gasteiger partial charge in [0.05, 0.1) is 31.1 Å². The number of nitrogens with zero attached hydrogens (tertiary/aromatic N) is 5. The molecule has 1 aliphatic rings. The highest BCUT2D eigenvalue weighted by molar-refractivity contribution is 5.92. The fourth-order valence-corrected chi connectivity index (χ4v) is 3.59. The third kappa shape index (κ3) is 4.87. The molecule has 156 valence electrons. The molecule has 1 fully saturated rings. The summed E-state index contributed by atoms with van der Waals surface area (Å²) in [5.74, 6) is -0.315. The predicted octanol–water partition coefficient (Wildman–Crippen LogP) is 1.46. The largest absolute Gasteiger partial charge is 0.394 e. The van der Waals surface area contributed by atoms with Crippen molar-refractivity contribution >= 4 is 5.91 Å². The van der Waals surface area contributed by atoms with Crippen molar-refractivity contribution in [3.8, 4) is 11.3 Å². The highest BCUT2D eigenvalue weighted by atomic mass is 16.5. The van der Waals surface area contributed by atoms with Crippen molar-refractivity contribution < 1.29 is 14.6 Å². The molecule has 2 N–H and O–H groups in total. The Morgan fingerprint density at radius 3 is 2.87 bits per heavy atom. The van der Waals surface area contributed by atoms with E-state index < -0.39 is 6.10 Å². The zero-order valence-corrected chi connectivity index (χ0v) is 16.5. The summed E-state index contributed by atoms with van der Waals surface area (Å²) in [4.78, 5) is 20.2. The summed E-state index contributed by atoms with van der Waals surface area (Å²) in [7, 11) is 0. The number of amides is 1. The zero-order chi connectivity index (χ0) is 20.8. The molecule has 1 saturated heterocycles. The van der Waals surface area contributed by atoms with Crippen LogP contribution in [0.25, 0.3) is 11.3 Å². The van der Waals surface area contributed by atoms with E-state index in [0.717, 1.165) is 24.1 Å². The van der Waals surface area contributed by atoms with Crippen LogP contribution in [0.3, 0.4) is 0 Å². The first kappa shape index (κ1) is 20.1. The predicted molar refractivity (Wildman–Crippen MR) is 108 cm³/mol. The van der Waals surface area contributed by atoms with Gasteiger partial charge in [-0.05, 0) is 19.3 Å². The molecule has 30 heavy (non-hydrogen) atoms. The Morgan fingerprint density at radius 2 is 2.10 bits per heavy atom. The van der Waals surface area contributed by atoms with Gasteiger partial charge in [-0.3, -0.25) is 14.5 Å². The van der Waals surface area contributed by atoms with Crippen molar-refractivity contribution in [3.05, 3.63) is 60.8 Å². The van der Waals surface area contributed by atoms with Gasteiger partial charge in [0.15, 0.2) is 0 Å². The molecule has 3 aromatic rings. The van der Waals surface area contributed by atoms with Gasteiger partial charge in [-0.15, -0.1) is 5.10 Å². The second-order valence-electron chi connectivity index (χ2n) is 7.25. The lowest BCUT2D eigenvalue weighted by Gasteiger charge is -2.36. The van der Waals surface area contributed by atoms with Gasteiger partial charge in [-0.25, -0.2) is 4.98 Å². The van der Waals surface area contributed by atoms with Crippen molar-refractivity contribution in [1.29, 1.82) is 0 Å². The number of aromatic nitrogens is 5. The molecule has 2 aromatic heterocycles. The SMILES string of the molecule is O=C(N[C@@H]1CC[C@H](CCn2cc(-c3ccccc3)nn2)O[C@H]1CO)c1cnccn1. The maximum Gasteiger partial charge on any atom is 0.271 e. The van der Waals surface area contributed by atoms with Crippen LogP contribution in [-0.2, 0) is 11.3 Å². The summed E-state index contributed by atoms with van der Waals surface area (Å²) in [6.07, 6.45) is 8.09. The number of aliphatic hydroxyl groups excluding tert-OH is 1. The lowest BCUT2D eigenvalue weighted by molar-refractivity contribution is -0.0912. The summed E-state index contributed by atoms with van der Waals surface area (Å²) in [5, 5.41) is 21.1. The molecular formula is C21H24N6O3. The summed E-state index contributed by atoms with van der Waals surface area (Å²) in [6, 6.07) is 9.64. The average Bonchev–Trinajstić information content (AvgIpc) is 3.28. The van der Waals surface area contributed by atoms with Gasteiger partial charge in [0, 0.05) is 24.5 Å². The summed E-state index contributed by atoms with van der Waals surface area (Å²) in [6.45, 7) is 0.503. The average molecular weight is 408 g/mol. The van der Waals surface area contributed by atoms with Gasteiger partial charge < -0.3 is 15.2 Å². The van der Waals surface area contributed by atoms with Crippen molar-refractivity contribution in [2.75, 3.05) is 6.61 Å². The second kappa shape index (κ2) is 9.55. The second-order valence-corrected chi connectivity index (χ2v) is 7.25. The quantitative estimate of drug-likeness (QED) is 0.608. The molecule has 0 bridgehead atoms. The van der Waals surface area contributed by atoms with Crippen LogP contribution in [0.2, 0.25) is 0 Å². The maximum absolute atomic E-state index is 12.3. The van der Waals surface area contributed by atoms with E-state index >= 15 is 0 Å². The van der Waals surface area contributed by atoms with E-state index in [2.05, 4.69) is 25.6 Å².